The molecule has 3 rings (SSSR count). The second-order valence-electron chi connectivity index (χ2n) is 5.30. The summed E-state index contributed by atoms with van der Waals surface area (Å²) in [5.74, 6) is 0.691. The summed E-state index contributed by atoms with van der Waals surface area (Å²) in [4.78, 5) is 14.2. The topological polar surface area (TPSA) is 70.9 Å². The minimum absolute atomic E-state index is 0.00357. The van der Waals surface area contributed by atoms with Crippen LogP contribution >= 0.6 is 0 Å². The maximum absolute atomic E-state index is 11.4. The Morgan fingerprint density at radius 1 is 1.50 bits per heavy atom. The molecule has 1 aliphatic rings. The van der Waals surface area contributed by atoms with E-state index in [2.05, 4.69) is 17.0 Å². The third-order valence-electron chi connectivity index (χ3n) is 3.84. The van der Waals surface area contributed by atoms with Gasteiger partial charge in [-0.3, -0.25) is 4.79 Å². The molecule has 1 fully saturated rings. The molecule has 1 saturated carbocycles. The zero-order valence-electron chi connectivity index (χ0n) is 10.4. The van der Waals surface area contributed by atoms with Gasteiger partial charge in [0.05, 0.1) is 17.6 Å². The first-order chi connectivity index (χ1) is 8.65. The standard InChI is InChI=1S/C13H17N3O2/c1-8-3-2-4-9(5-8)16-13-10(7-14-16)11(17)6-12(18)15-13/h6-9H,2-5H2,1H3,(H2,15,17,18). The number of aromatic nitrogens is 3. The van der Waals surface area contributed by atoms with E-state index in [0.29, 0.717) is 23.0 Å². The third kappa shape index (κ3) is 1.79. The number of nitrogens with one attached hydrogen (secondary N) is 1. The van der Waals surface area contributed by atoms with E-state index in [9.17, 15) is 9.90 Å². The number of rotatable bonds is 1. The highest BCUT2D eigenvalue weighted by molar-refractivity contribution is 5.81. The van der Waals surface area contributed by atoms with Gasteiger partial charge in [-0.15, -0.1) is 0 Å². The van der Waals surface area contributed by atoms with Crippen molar-refractivity contribution in [2.75, 3.05) is 0 Å². The first-order valence-corrected chi connectivity index (χ1v) is 6.44. The van der Waals surface area contributed by atoms with Gasteiger partial charge in [-0.1, -0.05) is 19.8 Å². The van der Waals surface area contributed by atoms with Crippen LogP contribution in [0.15, 0.2) is 17.1 Å². The number of hydrogen-bond donors (Lipinski definition) is 2. The molecule has 2 aromatic heterocycles. The highest BCUT2D eigenvalue weighted by Gasteiger charge is 2.23. The van der Waals surface area contributed by atoms with Crippen molar-refractivity contribution in [1.29, 1.82) is 0 Å². The van der Waals surface area contributed by atoms with Gasteiger partial charge in [0.1, 0.15) is 11.4 Å². The predicted molar refractivity (Wildman–Crippen MR) is 68.7 cm³/mol. The summed E-state index contributed by atoms with van der Waals surface area (Å²) in [5.41, 5.74) is 0.352. The summed E-state index contributed by atoms with van der Waals surface area (Å²) in [5, 5.41) is 14.7. The highest BCUT2D eigenvalue weighted by Crippen LogP contribution is 2.34. The van der Waals surface area contributed by atoms with Gasteiger partial charge in [-0.25, -0.2) is 4.68 Å². The van der Waals surface area contributed by atoms with Crippen LogP contribution in [0.1, 0.15) is 38.6 Å². The molecule has 18 heavy (non-hydrogen) atoms. The molecule has 0 spiro atoms. The molecule has 1 aliphatic carbocycles. The fraction of sp³-hybridized carbons (Fsp3) is 0.538. The highest BCUT2D eigenvalue weighted by atomic mass is 16.3. The predicted octanol–water partition coefficient (Wildman–Crippen LogP) is 2.18. The van der Waals surface area contributed by atoms with E-state index < -0.39 is 0 Å². The van der Waals surface area contributed by atoms with Crippen LogP contribution in [0.25, 0.3) is 11.0 Å². The number of fused-ring (bicyclic) bond motifs is 1. The largest absolute Gasteiger partial charge is 0.507 e. The van der Waals surface area contributed by atoms with Crippen molar-refractivity contribution in [2.24, 2.45) is 5.92 Å². The fourth-order valence-corrected chi connectivity index (χ4v) is 2.93. The molecule has 2 heterocycles. The molecule has 0 aliphatic heterocycles. The summed E-state index contributed by atoms with van der Waals surface area (Å²) in [6.07, 6.45) is 6.24. The number of aromatic hydroxyl groups is 1. The Hall–Kier alpha value is -1.78. The summed E-state index contributed by atoms with van der Waals surface area (Å²) < 4.78 is 1.87. The third-order valence-corrected chi connectivity index (χ3v) is 3.84. The molecule has 0 saturated heterocycles. The van der Waals surface area contributed by atoms with Gasteiger partial charge >= 0.3 is 0 Å². The van der Waals surface area contributed by atoms with Crippen molar-refractivity contribution in [1.82, 2.24) is 14.8 Å². The number of H-pyrrole nitrogens is 1. The van der Waals surface area contributed by atoms with Gasteiger partial charge in [0, 0.05) is 6.07 Å². The molecule has 0 radical (unpaired) electrons. The smallest absolute Gasteiger partial charge is 0.253 e. The van der Waals surface area contributed by atoms with Crippen molar-refractivity contribution >= 4 is 11.0 Å². The minimum Gasteiger partial charge on any atom is -0.507 e. The van der Waals surface area contributed by atoms with E-state index in [1.807, 2.05) is 4.68 Å². The van der Waals surface area contributed by atoms with E-state index >= 15 is 0 Å². The van der Waals surface area contributed by atoms with Crippen molar-refractivity contribution in [3.8, 4) is 5.75 Å². The molecular weight excluding hydrogens is 230 g/mol. The van der Waals surface area contributed by atoms with Crippen LogP contribution in [0.3, 0.4) is 0 Å². The van der Waals surface area contributed by atoms with Crippen molar-refractivity contribution < 1.29 is 5.11 Å². The van der Waals surface area contributed by atoms with Crippen molar-refractivity contribution in [3.63, 3.8) is 0 Å². The van der Waals surface area contributed by atoms with Gasteiger partial charge < -0.3 is 10.1 Å². The van der Waals surface area contributed by atoms with Gasteiger partial charge in [0.15, 0.2) is 0 Å². The summed E-state index contributed by atoms with van der Waals surface area (Å²) in [6.45, 7) is 2.25. The average Bonchev–Trinajstić information content (AvgIpc) is 2.72. The number of hydrogen-bond acceptors (Lipinski definition) is 3. The molecule has 0 amide bonds. The van der Waals surface area contributed by atoms with E-state index in [-0.39, 0.29) is 11.3 Å². The van der Waals surface area contributed by atoms with Crippen molar-refractivity contribution in [3.05, 3.63) is 22.6 Å². The Labute approximate surface area is 104 Å². The van der Waals surface area contributed by atoms with Crippen LogP contribution in [0, 0.1) is 5.92 Å². The van der Waals surface area contributed by atoms with Crippen LogP contribution in [-0.2, 0) is 0 Å². The molecule has 2 N–H and O–H groups in total. The second-order valence-corrected chi connectivity index (χ2v) is 5.30. The Balaban J connectivity index is 2.09. The van der Waals surface area contributed by atoms with Crippen LogP contribution in [0.5, 0.6) is 5.75 Å². The van der Waals surface area contributed by atoms with Gasteiger partial charge in [0.2, 0.25) is 0 Å². The molecule has 0 aromatic carbocycles. The first-order valence-electron chi connectivity index (χ1n) is 6.44. The lowest BCUT2D eigenvalue weighted by molar-refractivity contribution is 0.271. The van der Waals surface area contributed by atoms with E-state index in [4.69, 9.17) is 0 Å². The minimum atomic E-state index is -0.286. The normalized spacial score (nSPS) is 24.5. The van der Waals surface area contributed by atoms with E-state index in [1.165, 1.54) is 18.9 Å². The maximum atomic E-state index is 11.4. The quantitative estimate of drug-likeness (QED) is 0.811. The molecule has 2 atom stereocenters. The molecular formula is C13H17N3O2. The lowest BCUT2D eigenvalue weighted by Gasteiger charge is -2.27. The summed E-state index contributed by atoms with van der Waals surface area (Å²) in [7, 11) is 0. The second kappa shape index (κ2) is 4.15. The molecule has 96 valence electrons. The molecule has 5 heteroatoms. The van der Waals surface area contributed by atoms with Crippen LogP contribution < -0.4 is 5.56 Å². The van der Waals surface area contributed by atoms with Gasteiger partial charge in [0.25, 0.3) is 5.56 Å². The maximum Gasteiger partial charge on any atom is 0.253 e. The fourth-order valence-electron chi connectivity index (χ4n) is 2.93. The summed E-state index contributed by atoms with van der Waals surface area (Å²) >= 11 is 0. The Morgan fingerprint density at radius 3 is 3.11 bits per heavy atom. The summed E-state index contributed by atoms with van der Waals surface area (Å²) in [6, 6.07) is 1.52. The van der Waals surface area contributed by atoms with Crippen molar-refractivity contribution in [2.45, 2.75) is 38.6 Å². The molecule has 0 bridgehead atoms. The molecule has 2 unspecified atom stereocenters. The lowest BCUT2D eigenvalue weighted by Crippen LogP contribution is -2.19. The molecule has 2 aromatic rings. The number of nitrogens with zero attached hydrogens (tertiary/aromatic N) is 2. The van der Waals surface area contributed by atoms with Crippen LogP contribution in [0.2, 0.25) is 0 Å². The zero-order chi connectivity index (χ0) is 12.7. The number of aromatic amines is 1. The van der Waals surface area contributed by atoms with Gasteiger partial charge in [-0.2, -0.15) is 5.10 Å². The molecule has 5 nitrogen and oxygen atoms in total. The Kier molecular flexibility index (Phi) is 2.61. The Morgan fingerprint density at radius 2 is 2.33 bits per heavy atom. The van der Waals surface area contributed by atoms with Crippen LogP contribution in [0.4, 0.5) is 0 Å². The number of pyridine rings is 1. The zero-order valence-corrected chi connectivity index (χ0v) is 10.4. The monoisotopic (exact) mass is 247 g/mol. The van der Waals surface area contributed by atoms with Crippen LogP contribution in [-0.4, -0.2) is 19.9 Å². The average molecular weight is 247 g/mol. The van der Waals surface area contributed by atoms with Gasteiger partial charge in [-0.05, 0) is 18.8 Å². The lowest BCUT2D eigenvalue weighted by atomic mass is 9.87. The SMILES string of the molecule is CC1CCCC(n2ncc3c(O)cc(=O)[nH]c32)C1. The van der Waals surface area contributed by atoms with E-state index in [1.54, 1.807) is 6.20 Å². The van der Waals surface area contributed by atoms with E-state index in [0.717, 1.165) is 12.8 Å². The Bertz CT molecular complexity index is 629. The first kappa shape index (κ1) is 11.3.